The Hall–Kier alpha value is -4.40. The molecular formula is C24H23FN4O4. The average molecular weight is 450 g/mol. The van der Waals surface area contributed by atoms with Crippen LogP contribution in [0.4, 0.5) is 20.6 Å². The summed E-state index contributed by atoms with van der Waals surface area (Å²) >= 11 is 0. The van der Waals surface area contributed by atoms with Gasteiger partial charge in [0.2, 0.25) is 11.8 Å². The van der Waals surface area contributed by atoms with Crippen LogP contribution in [0, 0.1) is 5.82 Å². The number of anilines is 2. The lowest BCUT2D eigenvalue weighted by Gasteiger charge is -2.19. The van der Waals surface area contributed by atoms with Gasteiger partial charge in [0, 0.05) is 12.6 Å². The lowest BCUT2D eigenvalue weighted by atomic mass is 10.0. The zero-order valence-electron chi connectivity index (χ0n) is 17.8. The molecule has 4 amide bonds. The lowest BCUT2D eigenvalue weighted by molar-refractivity contribution is -0.116. The molecule has 1 unspecified atom stereocenters. The second-order valence-electron chi connectivity index (χ2n) is 7.18. The summed E-state index contributed by atoms with van der Waals surface area (Å²) in [6.07, 6.45) is -0.221. The fourth-order valence-electron chi connectivity index (χ4n) is 3.13. The summed E-state index contributed by atoms with van der Waals surface area (Å²) in [5.74, 6) is -0.440. The van der Waals surface area contributed by atoms with E-state index in [2.05, 4.69) is 16.0 Å². The third-order valence-corrected chi connectivity index (χ3v) is 4.51. The normalized spacial score (nSPS) is 11.2. The van der Waals surface area contributed by atoms with Crippen molar-refractivity contribution in [2.45, 2.75) is 19.4 Å². The van der Waals surface area contributed by atoms with Gasteiger partial charge in [-0.2, -0.15) is 0 Å². The molecule has 0 aromatic heterocycles. The molecule has 170 valence electrons. The molecule has 0 bridgehead atoms. The maximum atomic E-state index is 14.2. The van der Waals surface area contributed by atoms with Crippen molar-refractivity contribution in [3.8, 4) is 11.5 Å². The third-order valence-electron chi connectivity index (χ3n) is 4.51. The van der Waals surface area contributed by atoms with Crippen LogP contribution in [-0.2, 0) is 9.59 Å². The minimum atomic E-state index is -0.819. The molecule has 3 aromatic carbocycles. The van der Waals surface area contributed by atoms with E-state index in [0.29, 0.717) is 22.7 Å². The fourth-order valence-corrected chi connectivity index (χ4v) is 3.13. The van der Waals surface area contributed by atoms with Crippen LogP contribution in [0.2, 0.25) is 0 Å². The van der Waals surface area contributed by atoms with Crippen molar-refractivity contribution in [2.75, 3.05) is 10.6 Å². The van der Waals surface area contributed by atoms with Crippen LogP contribution in [0.5, 0.6) is 11.5 Å². The predicted octanol–water partition coefficient (Wildman–Crippen LogP) is 4.31. The SMILES string of the molecule is CC(=O)Nc1ccc(F)c(NC(=O)CC(NC(N)=O)c2cccc(Oc3ccccc3)c2)c1. The number of rotatable bonds is 8. The summed E-state index contributed by atoms with van der Waals surface area (Å²) in [6.45, 7) is 1.32. The highest BCUT2D eigenvalue weighted by molar-refractivity contribution is 5.94. The Balaban J connectivity index is 1.76. The maximum Gasteiger partial charge on any atom is 0.312 e. The van der Waals surface area contributed by atoms with Crippen molar-refractivity contribution in [3.05, 3.63) is 84.2 Å². The number of benzene rings is 3. The van der Waals surface area contributed by atoms with Gasteiger partial charge in [0.25, 0.3) is 0 Å². The van der Waals surface area contributed by atoms with Gasteiger partial charge in [0.1, 0.15) is 17.3 Å². The lowest BCUT2D eigenvalue weighted by Crippen LogP contribution is -2.35. The van der Waals surface area contributed by atoms with Crippen LogP contribution < -0.4 is 26.4 Å². The summed E-state index contributed by atoms with van der Waals surface area (Å²) in [4.78, 5) is 35.4. The standard InChI is InChI=1S/C24H23FN4O4/c1-15(30)27-17-10-11-20(25)22(13-17)28-23(31)14-21(29-24(26)32)16-6-5-9-19(12-16)33-18-7-3-2-4-8-18/h2-13,21H,14H2,1H3,(H,27,30)(H,28,31)(H3,26,29,32). The fraction of sp³-hybridized carbons (Fsp3) is 0.125. The minimum absolute atomic E-state index is 0.106. The summed E-state index contributed by atoms with van der Waals surface area (Å²) in [5.41, 5.74) is 6.10. The highest BCUT2D eigenvalue weighted by Crippen LogP contribution is 2.27. The Bertz CT molecular complexity index is 1150. The number of para-hydroxylation sites is 1. The number of carbonyl (C=O) groups is 3. The van der Waals surface area contributed by atoms with Crippen molar-refractivity contribution >= 4 is 29.2 Å². The van der Waals surface area contributed by atoms with Crippen LogP contribution in [-0.4, -0.2) is 17.8 Å². The third kappa shape index (κ3) is 7.06. The molecule has 8 nitrogen and oxygen atoms in total. The maximum absolute atomic E-state index is 14.2. The van der Waals surface area contributed by atoms with Crippen LogP contribution in [0.25, 0.3) is 0 Å². The number of nitrogens with one attached hydrogen (secondary N) is 3. The van der Waals surface area contributed by atoms with Gasteiger partial charge >= 0.3 is 6.03 Å². The zero-order chi connectivity index (χ0) is 23.8. The number of urea groups is 1. The number of ether oxygens (including phenoxy) is 1. The molecule has 3 aromatic rings. The van der Waals surface area contributed by atoms with Crippen molar-refractivity contribution in [1.29, 1.82) is 0 Å². The number of nitrogens with two attached hydrogens (primary N) is 1. The summed E-state index contributed by atoms with van der Waals surface area (Å²) in [7, 11) is 0. The molecule has 0 saturated heterocycles. The van der Waals surface area contributed by atoms with E-state index in [0.717, 1.165) is 6.07 Å². The molecule has 0 heterocycles. The first-order valence-corrected chi connectivity index (χ1v) is 10.1. The molecule has 5 N–H and O–H groups in total. The second kappa shape index (κ2) is 10.8. The molecule has 1 atom stereocenters. The smallest absolute Gasteiger partial charge is 0.312 e. The Labute approximate surface area is 189 Å². The first-order valence-electron chi connectivity index (χ1n) is 10.1. The zero-order valence-corrected chi connectivity index (χ0v) is 17.8. The number of hydrogen-bond acceptors (Lipinski definition) is 4. The van der Waals surface area contributed by atoms with Crippen LogP contribution in [0.3, 0.4) is 0 Å². The second-order valence-corrected chi connectivity index (χ2v) is 7.18. The number of primary amides is 1. The summed E-state index contributed by atoms with van der Waals surface area (Å²) in [6, 6.07) is 18.2. The molecule has 3 rings (SSSR count). The van der Waals surface area contributed by atoms with E-state index in [1.54, 1.807) is 36.4 Å². The highest BCUT2D eigenvalue weighted by atomic mass is 19.1. The van der Waals surface area contributed by atoms with E-state index >= 15 is 0 Å². The summed E-state index contributed by atoms with van der Waals surface area (Å²) in [5, 5.41) is 7.51. The highest BCUT2D eigenvalue weighted by Gasteiger charge is 2.19. The monoisotopic (exact) mass is 450 g/mol. The molecule has 0 spiro atoms. The van der Waals surface area contributed by atoms with Gasteiger partial charge in [0.15, 0.2) is 0 Å². The van der Waals surface area contributed by atoms with Crippen molar-refractivity contribution < 1.29 is 23.5 Å². The van der Waals surface area contributed by atoms with Crippen molar-refractivity contribution in [2.24, 2.45) is 5.73 Å². The van der Waals surface area contributed by atoms with E-state index in [1.165, 1.54) is 19.1 Å². The molecule has 0 saturated carbocycles. The Morgan fingerprint density at radius 3 is 2.36 bits per heavy atom. The van der Waals surface area contributed by atoms with E-state index in [-0.39, 0.29) is 18.0 Å². The van der Waals surface area contributed by atoms with Gasteiger partial charge in [-0.15, -0.1) is 0 Å². The van der Waals surface area contributed by atoms with Crippen LogP contribution >= 0.6 is 0 Å². The molecule has 0 fully saturated rings. The molecule has 0 aliphatic heterocycles. The van der Waals surface area contributed by atoms with E-state index in [9.17, 15) is 18.8 Å². The number of amides is 4. The van der Waals surface area contributed by atoms with Crippen LogP contribution in [0.1, 0.15) is 24.9 Å². The number of halogens is 1. The first kappa shape index (κ1) is 23.3. The Kier molecular flexibility index (Phi) is 7.59. The largest absolute Gasteiger partial charge is 0.457 e. The molecule has 33 heavy (non-hydrogen) atoms. The molecule has 9 heteroatoms. The quantitative estimate of drug-likeness (QED) is 0.408. The van der Waals surface area contributed by atoms with Gasteiger partial charge in [0.05, 0.1) is 18.2 Å². The summed E-state index contributed by atoms with van der Waals surface area (Å²) < 4.78 is 20.0. The molecule has 0 radical (unpaired) electrons. The van der Waals surface area contributed by atoms with Gasteiger partial charge < -0.3 is 26.4 Å². The van der Waals surface area contributed by atoms with Crippen LogP contribution in [0.15, 0.2) is 72.8 Å². The average Bonchev–Trinajstić information content (AvgIpc) is 2.76. The molecular weight excluding hydrogens is 427 g/mol. The number of carbonyl (C=O) groups excluding carboxylic acids is 3. The van der Waals surface area contributed by atoms with E-state index in [1.807, 2.05) is 18.2 Å². The van der Waals surface area contributed by atoms with Gasteiger partial charge in [-0.1, -0.05) is 30.3 Å². The van der Waals surface area contributed by atoms with E-state index < -0.39 is 23.8 Å². The Morgan fingerprint density at radius 2 is 1.67 bits per heavy atom. The van der Waals surface area contributed by atoms with Gasteiger partial charge in [-0.3, -0.25) is 9.59 Å². The Morgan fingerprint density at radius 1 is 0.939 bits per heavy atom. The minimum Gasteiger partial charge on any atom is -0.457 e. The van der Waals surface area contributed by atoms with Gasteiger partial charge in [-0.05, 0) is 48.0 Å². The molecule has 0 aliphatic rings. The first-order chi connectivity index (χ1) is 15.8. The predicted molar refractivity (Wildman–Crippen MR) is 122 cm³/mol. The topological polar surface area (TPSA) is 123 Å². The van der Waals surface area contributed by atoms with E-state index in [4.69, 9.17) is 10.5 Å². The van der Waals surface area contributed by atoms with Crippen molar-refractivity contribution in [1.82, 2.24) is 5.32 Å². The van der Waals surface area contributed by atoms with Gasteiger partial charge in [-0.25, -0.2) is 9.18 Å². The molecule has 0 aliphatic carbocycles. The number of hydrogen-bond donors (Lipinski definition) is 4. The van der Waals surface area contributed by atoms with Crippen molar-refractivity contribution in [3.63, 3.8) is 0 Å².